The van der Waals surface area contributed by atoms with E-state index in [4.69, 9.17) is 9.47 Å². The van der Waals surface area contributed by atoms with Gasteiger partial charge in [0.1, 0.15) is 5.60 Å². The lowest BCUT2D eigenvalue weighted by Crippen LogP contribution is -2.66. The molecule has 4 aliphatic carbocycles. The highest BCUT2D eigenvalue weighted by molar-refractivity contribution is 5.78. The minimum atomic E-state index is -0.805. The fourth-order valence-electron chi connectivity index (χ4n) is 11.0. The number of carbonyl (C=O) groups is 1. The third-order valence-corrected chi connectivity index (χ3v) is 13.1. The molecular formula is C31H50O4. The van der Waals surface area contributed by atoms with Gasteiger partial charge in [-0.25, -0.2) is 0 Å². The van der Waals surface area contributed by atoms with Gasteiger partial charge in [0.15, 0.2) is 0 Å². The molecule has 4 nitrogen and oxygen atoms in total. The Bertz CT molecular complexity index is 923. The van der Waals surface area contributed by atoms with Gasteiger partial charge in [-0.15, -0.1) is 0 Å². The Hall–Kier alpha value is -0.870. The van der Waals surface area contributed by atoms with E-state index in [0.717, 1.165) is 32.1 Å². The van der Waals surface area contributed by atoms with Crippen LogP contribution in [0.15, 0.2) is 11.6 Å². The third-order valence-electron chi connectivity index (χ3n) is 13.1. The fraction of sp³-hybridized carbons (Fsp3) is 0.903. The fourth-order valence-corrected chi connectivity index (χ4v) is 11.0. The maximum absolute atomic E-state index is 13.1. The molecule has 1 spiro atoms. The van der Waals surface area contributed by atoms with Crippen molar-refractivity contribution in [3.05, 3.63) is 11.6 Å². The number of rotatable bonds is 4. The molecule has 10 atom stereocenters. The Labute approximate surface area is 213 Å². The monoisotopic (exact) mass is 486 g/mol. The molecule has 1 heterocycles. The molecule has 5 aliphatic rings. The van der Waals surface area contributed by atoms with Crippen molar-refractivity contribution in [3.63, 3.8) is 0 Å². The van der Waals surface area contributed by atoms with Crippen LogP contribution in [0.25, 0.3) is 0 Å². The summed E-state index contributed by atoms with van der Waals surface area (Å²) in [7, 11) is 1.48. The molecule has 5 rings (SSSR count). The maximum atomic E-state index is 13.1. The summed E-state index contributed by atoms with van der Waals surface area (Å²) in [5, 5.41) is 11.1. The Balaban J connectivity index is 1.45. The van der Waals surface area contributed by atoms with Gasteiger partial charge in [0, 0.05) is 0 Å². The van der Waals surface area contributed by atoms with E-state index in [1.165, 1.54) is 38.4 Å². The van der Waals surface area contributed by atoms with Crippen molar-refractivity contribution in [3.8, 4) is 0 Å². The first-order valence-electron chi connectivity index (χ1n) is 14.4. The second-order valence-electron chi connectivity index (χ2n) is 14.5. The van der Waals surface area contributed by atoms with Crippen LogP contribution in [-0.4, -0.2) is 35.5 Å². The number of hydrogen-bond donors (Lipinski definition) is 1. The van der Waals surface area contributed by atoms with Gasteiger partial charge in [-0.05, 0) is 126 Å². The molecular weight excluding hydrogens is 436 g/mol. The van der Waals surface area contributed by atoms with Gasteiger partial charge in [0.05, 0.1) is 24.2 Å². The molecule has 5 fully saturated rings. The number of carbonyl (C=O) groups excluding carboxylic acids is 1. The molecule has 0 aromatic carbocycles. The van der Waals surface area contributed by atoms with E-state index in [1.54, 1.807) is 0 Å². The summed E-state index contributed by atoms with van der Waals surface area (Å²) >= 11 is 0. The molecule has 1 aliphatic heterocycles. The Morgan fingerprint density at radius 2 is 1.57 bits per heavy atom. The molecule has 0 aromatic heterocycles. The first-order chi connectivity index (χ1) is 16.3. The number of allylic oxidation sites excluding steroid dienone is 2. The standard InChI is InChI=1S/C31H50O4/c1-20(2)10-9-15-29(6)31(35-29)19-18-28(5)23(31)12-11-21-26(3)16-14-24(32)30(7,25(33)34-8)22(26)13-17-27(21,28)4/h10,21-24,32H,9,11-19H2,1-8H3/t21-,22+,23+,24-,26+,27-,28-,29-,30+,31-/m0/s1. The number of fused-ring (bicyclic) bond motifs is 6. The summed E-state index contributed by atoms with van der Waals surface area (Å²) in [5.41, 5.74) is 1.22. The second kappa shape index (κ2) is 7.82. The predicted octanol–water partition coefficient (Wildman–Crippen LogP) is 6.84. The number of hydrogen-bond acceptors (Lipinski definition) is 4. The largest absolute Gasteiger partial charge is 0.469 e. The van der Waals surface area contributed by atoms with E-state index >= 15 is 0 Å². The average Bonchev–Trinajstić information content (AvgIpc) is 3.26. The second-order valence-corrected chi connectivity index (χ2v) is 14.5. The minimum Gasteiger partial charge on any atom is -0.469 e. The Morgan fingerprint density at radius 1 is 0.914 bits per heavy atom. The molecule has 1 saturated heterocycles. The minimum absolute atomic E-state index is 0.0179. The summed E-state index contributed by atoms with van der Waals surface area (Å²) in [6.45, 7) is 16.4. The van der Waals surface area contributed by atoms with E-state index < -0.39 is 11.5 Å². The highest BCUT2D eigenvalue weighted by Crippen LogP contribution is 2.79. The summed E-state index contributed by atoms with van der Waals surface area (Å²) in [4.78, 5) is 13.1. The van der Waals surface area contributed by atoms with Crippen LogP contribution in [0.1, 0.15) is 113 Å². The highest BCUT2D eigenvalue weighted by Gasteiger charge is 2.80. The van der Waals surface area contributed by atoms with Crippen molar-refractivity contribution < 1.29 is 19.4 Å². The van der Waals surface area contributed by atoms with Crippen molar-refractivity contribution in [2.24, 2.45) is 39.4 Å². The molecule has 4 saturated carbocycles. The van der Waals surface area contributed by atoms with Crippen LogP contribution < -0.4 is 0 Å². The van der Waals surface area contributed by atoms with Crippen LogP contribution >= 0.6 is 0 Å². The summed E-state index contributed by atoms with van der Waals surface area (Å²) in [6, 6.07) is 0. The van der Waals surface area contributed by atoms with Crippen LogP contribution in [0.5, 0.6) is 0 Å². The quantitative estimate of drug-likeness (QED) is 0.268. The Morgan fingerprint density at radius 3 is 2.23 bits per heavy atom. The molecule has 0 aromatic rings. The molecule has 198 valence electrons. The molecule has 4 heteroatoms. The van der Waals surface area contributed by atoms with Crippen molar-refractivity contribution in [1.29, 1.82) is 0 Å². The SMILES string of the molecule is COC(=O)[C@]1(C)[C@@H]2CC[C@@]3(C)[C@@H](CC[C@@H]4[C@]3(C)CC[C@]43O[C@@]3(C)CCC=C(C)C)[C@@]2(C)CC[C@@H]1O. The van der Waals surface area contributed by atoms with Crippen LogP contribution in [0.3, 0.4) is 0 Å². The normalized spacial score (nSPS) is 54.4. The van der Waals surface area contributed by atoms with Gasteiger partial charge < -0.3 is 14.6 Å². The number of aliphatic hydroxyl groups excluding tert-OH is 1. The van der Waals surface area contributed by atoms with Gasteiger partial charge in [0.25, 0.3) is 0 Å². The van der Waals surface area contributed by atoms with Gasteiger partial charge >= 0.3 is 5.97 Å². The molecule has 35 heavy (non-hydrogen) atoms. The number of ether oxygens (including phenoxy) is 2. The zero-order chi connectivity index (χ0) is 25.7. The van der Waals surface area contributed by atoms with Crippen molar-refractivity contribution in [2.75, 3.05) is 7.11 Å². The van der Waals surface area contributed by atoms with Gasteiger partial charge in [0.2, 0.25) is 0 Å². The average molecular weight is 487 g/mol. The van der Waals surface area contributed by atoms with Crippen LogP contribution in [-0.2, 0) is 14.3 Å². The van der Waals surface area contributed by atoms with E-state index in [1.807, 2.05) is 6.92 Å². The zero-order valence-electron chi connectivity index (χ0n) is 23.6. The van der Waals surface area contributed by atoms with Crippen molar-refractivity contribution in [1.82, 2.24) is 0 Å². The lowest BCUT2D eigenvalue weighted by molar-refractivity contribution is -0.231. The molecule has 1 N–H and O–H groups in total. The van der Waals surface area contributed by atoms with Gasteiger partial charge in [-0.3, -0.25) is 4.79 Å². The summed E-state index contributed by atoms with van der Waals surface area (Å²) in [5.74, 6) is 1.14. The molecule has 0 unspecified atom stereocenters. The van der Waals surface area contributed by atoms with E-state index in [2.05, 4.69) is 47.6 Å². The van der Waals surface area contributed by atoms with Crippen molar-refractivity contribution in [2.45, 2.75) is 130 Å². The van der Waals surface area contributed by atoms with E-state index in [0.29, 0.717) is 18.3 Å². The molecule has 0 radical (unpaired) electrons. The van der Waals surface area contributed by atoms with Crippen LogP contribution in [0.4, 0.5) is 0 Å². The molecule has 0 bridgehead atoms. The maximum Gasteiger partial charge on any atom is 0.314 e. The zero-order valence-corrected chi connectivity index (χ0v) is 23.6. The first kappa shape index (κ1) is 25.8. The van der Waals surface area contributed by atoms with Crippen LogP contribution in [0.2, 0.25) is 0 Å². The molecule has 0 amide bonds. The predicted molar refractivity (Wildman–Crippen MR) is 139 cm³/mol. The van der Waals surface area contributed by atoms with Crippen molar-refractivity contribution >= 4 is 5.97 Å². The third kappa shape index (κ3) is 3.08. The topological polar surface area (TPSA) is 59.1 Å². The smallest absolute Gasteiger partial charge is 0.314 e. The van der Waals surface area contributed by atoms with Gasteiger partial charge in [-0.1, -0.05) is 32.4 Å². The number of epoxide rings is 1. The first-order valence-corrected chi connectivity index (χ1v) is 14.4. The van der Waals surface area contributed by atoms with Crippen LogP contribution in [0, 0.1) is 39.4 Å². The summed E-state index contributed by atoms with van der Waals surface area (Å²) < 4.78 is 12.1. The van der Waals surface area contributed by atoms with E-state index in [9.17, 15) is 9.90 Å². The van der Waals surface area contributed by atoms with E-state index in [-0.39, 0.29) is 39.3 Å². The summed E-state index contributed by atoms with van der Waals surface area (Å²) in [6.07, 6.45) is 12.7. The number of methoxy groups -OCH3 is 1. The lowest BCUT2D eigenvalue weighted by Gasteiger charge is -2.69. The van der Waals surface area contributed by atoms with Gasteiger partial charge in [-0.2, -0.15) is 0 Å². The lowest BCUT2D eigenvalue weighted by atomic mass is 9.35. The number of esters is 1. The number of aliphatic hydroxyl groups is 1. The Kier molecular flexibility index (Phi) is 5.76. The highest BCUT2D eigenvalue weighted by atomic mass is 16.6.